The van der Waals surface area contributed by atoms with Crippen LogP contribution in [0.1, 0.15) is 16.9 Å². The van der Waals surface area contributed by atoms with Gasteiger partial charge in [0.2, 0.25) is 11.8 Å². The van der Waals surface area contributed by atoms with Gasteiger partial charge in [-0.1, -0.05) is 0 Å². The lowest BCUT2D eigenvalue weighted by molar-refractivity contribution is 0.0764. The highest BCUT2D eigenvalue weighted by molar-refractivity contribution is 5.92. The number of aromatic nitrogens is 4. The lowest BCUT2D eigenvalue weighted by Gasteiger charge is -2.16. The average Bonchev–Trinajstić information content (AvgIpc) is 3.04. The molecule has 0 spiro atoms. The molecule has 0 aliphatic carbocycles. The number of hydrogen-bond acceptors (Lipinski definition) is 7. The zero-order valence-electron chi connectivity index (χ0n) is 12.4. The average molecular weight is 317 g/mol. The molecule has 9 heteroatoms. The zero-order valence-corrected chi connectivity index (χ0v) is 12.4. The molecular weight excluding hydrogens is 302 g/mol. The second kappa shape index (κ2) is 6.42. The Morgan fingerprint density at radius 2 is 2.04 bits per heavy atom. The Kier molecular flexibility index (Phi) is 4.18. The summed E-state index contributed by atoms with van der Waals surface area (Å²) in [5, 5.41) is 13.7. The smallest absolute Gasteiger partial charge is 0.274 e. The molecule has 3 rings (SSSR count). The van der Waals surface area contributed by atoms with Crippen LogP contribution in [0, 0.1) is 0 Å². The summed E-state index contributed by atoms with van der Waals surface area (Å²) in [6, 6.07) is 6.01. The van der Waals surface area contributed by atoms with E-state index in [4.69, 9.17) is 9.47 Å². The van der Waals surface area contributed by atoms with Crippen molar-refractivity contribution in [1.82, 2.24) is 25.3 Å². The van der Waals surface area contributed by atoms with Crippen LogP contribution in [0.25, 0.3) is 0 Å². The van der Waals surface area contributed by atoms with E-state index in [1.807, 2.05) is 0 Å². The van der Waals surface area contributed by atoms with E-state index in [0.717, 1.165) is 0 Å². The number of H-pyrrole nitrogens is 1. The number of likely N-dealkylation sites (tertiary alicyclic amines) is 1. The molecule has 1 saturated heterocycles. The molecule has 9 nitrogen and oxygen atoms in total. The van der Waals surface area contributed by atoms with Crippen molar-refractivity contribution < 1.29 is 14.3 Å². The van der Waals surface area contributed by atoms with Crippen LogP contribution in [0.2, 0.25) is 0 Å². The summed E-state index contributed by atoms with van der Waals surface area (Å²) in [5.74, 6) is 0.546. The maximum atomic E-state index is 12.3. The Morgan fingerprint density at radius 3 is 2.70 bits per heavy atom. The van der Waals surface area contributed by atoms with Crippen molar-refractivity contribution in [3.63, 3.8) is 0 Å². The van der Waals surface area contributed by atoms with Gasteiger partial charge in [-0.3, -0.25) is 9.59 Å². The first-order valence-corrected chi connectivity index (χ1v) is 7.05. The van der Waals surface area contributed by atoms with Crippen molar-refractivity contribution in [2.24, 2.45) is 0 Å². The molecular formula is C14H15N5O4. The first kappa shape index (κ1) is 14.9. The van der Waals surface area contributed by atoms with Gasteiger partial charge >= 0.3 is 0 Å². The predicted molar refractivity (Wildman–Crippen MR) is 78.4 cm³/mol. The summed E-state index contributed by atoms with van der Waals surface area (Å²) in [5.41, 5.74) is -0.142. The number of ether oxygens (including phenoxy) is 2. The van der Waals surface area contributed by atoms with E-state index in [2.05, 4.69) is 20.4 Å². The molecule has 0 saturated carbocycles. The first-order chi connectivity index (χ1) is 11.2. The minimum absolute atomic E-state index is 0.163. The van der Waals surface area contributed by atoms with Crippen molar-refractivity contribution in [3.8, 4) is 11.8 Å². The van der Waals surface area contributed by atoms with Crippen LogP contribution in [-0.4, -0.2) is 57.5 Å². The van der Waals surface area contributed by atoms with Gasteiger partial charge in [0.1, 0.15) is 11.8 Å². The van der Waals surface area contributed by atoms with E-state index < -0.39 is 0 Å². The van der Waals surface area contributed by atoms with Gasteiger partial charge in [0.05, 0.1) is 13.7 Å². The second-order valence-electron chi connectivity index (χ2n) is 5.00. The van der Waals surface area contributed by atoms with Gasteiger partial charge in [0.15, 0.2) is 0 Å². The fourth-order valence-corrected chi connectivity index (χ4v) is 2.28. The van der Waals surface area contributed by atoms with E-state index in [1.54, 1.807) is 17.0 Å². The Balaban J connectivity index is 1.60. The third kappa shape index (κ3) is 3.44. The molecule has 1 aliphatic rings. The number of rotatable bonds is 4. The SMILES string of the molecule is COc1ccc(OC2CCN(C(=O)c3ccc(=O)[nH]n3)C2)nn1. The Hall–Kier alpha value is -2.97. The summed E-state index contributed by atoms with van der Waals surface area (Å²) in [4.78, 5) is 24.9. The van der Waals surface area contributed by atoms with Gasteiger partial charge < -0.3 is 14.4 Å². The quantitative estimate of drug-likeness (QED) is 0.835. The van der Waals surface area contributed by atoms with Gasteiger partial charge in [-0.2, -0.15) is 5.10 Å². The number of aromatic amines is 1. The van der Waals surface area contributed by atoms with Crippen LogP contribution < -0.4 is 15.0 Å². The fourth-order valence-electron chi connectivity index (χ4n) is 2.28. The van der Waals surface area contributed by atoms with Crippen molar-refractivity contribution in [2.75, 3.05) is 20.2 Å². The molecule has 0 aromatic carbocycles. The zero-order chi connectivity index (χ0) is 16.2. The molecule has 1 N–H and O–H groups in total. The molecule has 1 aliphatic heterocycles. The normalized spacial score (nSPS) is 17.1. The van der Waals surface area contributed by atoms with E-state index in [-0.39, 0.29) is 23.3 Å². The van der Waals surface area contributed by atoms with Gasteiger partial charge in [0, 0.05) is 31.2 Å². The Labute approximate surface area is 131 Å². The fraction of sp³-hybridized carbons (Fsp3) is 0.357. The molecule has 0 radical (unpaired) electrons. The molecule has 1 fully saturated rings. The maximum Gasteiger partial charge on any atom is 0.274 e. The topological polar surface area (TPSA) is 110 Å². The largest absolute Gasteiger partial charge is 0.480 e. The number of methoxy groups -OCH3 is 1. The third-order valence-electron chi connectivity index (χ3n) is 3.44. The Bertz CT molecular complexity index is 725. The summed E-state index contributed by atoms with van der Waals surface area (Å²) in [6.07, 6.45) is 0.521. The van der Waals surface area contributed by atoms with Gasteiger partial charge in [-0.25, -0.2) is 5.10 Å². The van der Waals surface area contributed by atoms with Crippen LogP contribution in [0.4, 0.5) is 0 Å². The highest BCUT2D eigenvalue weighted by Gasteiger charge is 2.29. The minimum Gasteiger partial charge on any atom is -0.480 e. The Morgan fingerprint density at radius 1 is 1.26 bits per heavy atom. The number of hydrogen-bond donors (Lipinski definition) is 1. The van der Waals surface area contributed by atoms with Crippen molar-refractivity contribution in [1.29, 1.82) is 0 Å². The summed E-state index contributed by atoms with van der Waals surface area (Å²) in [6.45, 7) is 0.973. The van der Waals surface area contributed by atoms with Crippen LogP contribution >= 0.6 is 0 Å². The third-order valence-corrected chi connectivity index (χ3v) is 3.44. The van der Waals surface area contributed by atoms with Gasteiger partial charge in [0.25, 0.3) is 11.5 Å². The van der Waals surface area contributed by atoms with Crippen LogP contribution in [0.15, 0.2) is 29.1 Å². The molecule has 2 aromatic heterocycles. The highest BCUT2D eigenvalue weighted by Crippen LogP contribution is 2.18. The second-order valence-corrected chi connectivity index (χ2v) is 5.00. The highest BCUT2D eigenvalue weighted by atomic mass is 16.5. The number of carbonyl (C=O) groups excluding carboxylic acids is 1. The van der Waals surface area contributed by atoms with Gasteiger partial charge in [-0.15, -0.1) is 10.2 Å². The van der Waals surface area contributed by atoms with Crippen molar-refractivity contribution >= 4 is 5.91 Å². The summed E-state index contributed by atoms with van der Waals surface area (Å²) in [7, 11) is 1.51. The van der Waals surface area contributed by atoms with E-state index >= 15 is 0 Å². The van der Waals surface area contributed by atoms with E-state index in [9.17, 15) is 9.59 Å². The van der Waals surface area contributed by atoms with Crippen LogP contribution in [-0.2, 0) is 0 Å². The van der Waals surface area contributed by atoms with Crippen molar-refractivity contribution in [2.45, 2.75) is 12.5 Å². The number of carbonyl (C=O) groups is 1. The summed E-state index contributed by atoms with van der Waals surface area (Å²) >= 11 is 0. The lowest BCUT2D eigenvalue weighted by Crippen LogP contribution is -2.32. The van der Waals surface area contributed by atoms with Crippen LogP contribution in [0.3, 0.4) is 0 Å². The van der Waals surface area contributed by atoms with E-state index in [1.165, 1.54) is 19.2 Å². The standard InChI is InChI=1S/C14H15N5O4/c1-22-12-4-5-13(18-17-12)23-9-6-7-19(8-9)14(21)10-2-3-11(20)16-15-10/h2-5,9H,6-8H2,1H3,(H,16,20). The molecule has 1 unspecified atom stereocenters. The minimum atomic E-state index is -0.345. The molecule has 1 amide bonds. The van der Waals surface area contributed by atoms with Crippen molar-refractivity contribution in [3.05, 3.63) is 40.3 Å². The molecule has 3 heterocycles. The monoisotopic (exact) mass is 317 g/mol. The number of nitrogens with one attached hydrogen (secondary N) is 1. The first-order valence-electron chi connectivity index (χ1n) is 7.05. The molecule has 23 heavy (non-hydrogen) atoms. The molecule has 2 aromatic rings. The number of amides is 1. The molecule has 1 atom stereocenters. The molecule has 120 valence electrons. The van der Waals surface area contributed by atoms with Gasteiger partial charge in [-0.05, 0) is 6.07 Å². The van der Waals surface area contributed by atoms with Crippen LogP contribution in [0.5, 0.6) is 11.8 Å². The predicted octanol–water partition coefficient (Wildman–Crippen LogP) is -0.138. The number of nitrogens with zero attached hydrogens (tertiary/aromatic N) is 4. The van der Waals surface area contributed by atoms with E-state index in [0.29, 0.717) is 31.3 Å². The summed E-state index contributed by atoms with van der Waals surface area (Å²) < 4.78 is 10.6. The molecule has 0 bridgehead atoms. The maximum absolute atomic E-state index is 12.3. The lowest BCUT2D eigenvalue weighted by atomic mass is 10.3.